The first-order valence-electron chi connectivity index (χ1n) is 5.03. The Balaban J connectivity index is 1.92. The molecule has 2 rings (SSSR count). The molecule has 0 bridgehead atoms. The largest absolute Gasteiger partial charge is 0.368 e. The first kappa shape index (κ1) is 11.6. The maximum atomic E-state index is 5.66. The van der Waals surface area contributed by atoms with Crippen LogP contribution in [0.15, 0.2) is 12.3 Å². The zero-order valence-corrected chi connectivity index (χ0v) is 10.0. The Morgan fingerprint density at radius 1 is 1.41 bits per heavy atom. The van der Waals surface area contributed by atoms with Crippen LogP contribution in [0.1, 0.15) is 5.69 Å². The zero-order valence-electron chi connectivity index (χ0n) is 9.26. The Bertz CT molecular complexity index is 490. The van der Waals surface area contributed by atoms with Gasteiger partial charge in [0.05, 0.1) is 0 Å². The van der Waals surface area contributed by atoms with E-state index >= 15 is 0 Å². The van der Waals surface area contributed by atoms with Gasteiger partial charge in [-0.25, -0.2) is 0 Å². The molecule has 90 valence electrons. The van der Waals surface area contributed by atoms with Crippen LogP contribution in [0.5, 0.6) is 0 Å². The summed E-state index contributed by atoms with van der Waals surface area (Å²) in [7, 11) is 1.90. The van der Waals surface area contributed by atoms with Gasteiger partial charge in [-0.2, -0.15) is 20.1 Å². The Labute approximate surface area is 103 Å². The van der Waals surface area contributed by atoms with E-state index < -0.39 is 0 Å². The van der Waals surface area contributed by atoms with Crippen LogP contribution in [-0.2, 0) is 13.5 Å². The van der Waals surface area contributed by atoms with Crippen LogP contribution < -0.4 is 11.1 Å². The van der Waals surface area contributed by atoms with E-state index in [1.165, 1.54) is 0 Å². The molecule has 0 saturated carbocycles. The number of aryl methyl sites for hydroxylation is 1. The summed E-state index contributed by atoms with van der Waals surface area (Å²) in [6.45, 7) is 0.666. The zero-order chi connectivity index (χ0) is 12.3. The molecule has 0 aliphatic rings. The highest BCUT2D eigenvalue weighted by atomic mass is 35.5. The first-order chi connectivity index (χ1) is 8.15. The van der Waals surface area contributed by atoms with Gasteiger partial charge in [-0.15, -0.1) is 0 Å². The van der Waals surface area contributed by atoms with Crippen LogP contribution in [-0.4, -0.2) is 31.3 Å². The molecule has 2 aromatic heterocycles. The smallest absolute Gasteiger partial charge is 0.228 e. The molecule has 0 aliphatic heterocycles. The molecule has 0 aromatic carbocycles. The summed E-state index contributed by atoms with van der Waals surface area (Å²) in [4.78, 5) is 11.5. The van der Waals surface area contributed by atoms with Gasteiger partial charge in [-0.1, -0.05) is 0 Å². The monoisotopic (exact) mass is 253 g/mol. The average Bonchev–Trinajstić information content (AvgIpc) is 2.63. The third-order valence-electron chi connectivity index (χ3n) is 2.21. The van der Waals surface area contributed by atoms with Crippen molar-refractivity contribution >= 4 is 23.5 Å². The predicted octanol–water partition coefficient (Wildman–Crippen LogP) is 0.495. The molecule has 2 heterocycles. The van der Waals surface area contributed by atoms with Crippen molar-refractivity contribution in [1.82, 2.24) is 24.7 Å². The lowest BCUT2D eigenvalue weighted by Gasteiger charge is -2.05. The quantitative estimate of drug-likeness (QED) is 0.824. The lowest BCUT2D eigenvalue weighted by Crippen LogP contribution is -2.11. The van der Waals surface area contributed by atoms with Crippen molar-refractivity contribution in [2.75, 3.05) is 17.6 Å². The molecular weight excluding hydrogens is 242 g/mol. The number of anilines is 2. The van der Waals surface area contributed by atoms with Crippen molar-refractivity contribution < 1.29 is 0 Å². The third kappa shape index (κ3) is 3.04. The van der Waals surface area contributed by atoms with Crippen LogP contribution in [0, 0.1) is 0 Å². The van der Waals surface area contributed by atoms with Crippen LogP contribution in [0.25, 0.3) is 0 Å². The minimum atomic E-state index is 0.0838. The van der Waals surface area contributed by atoms with Gasteiger partial charge in [-0.05, 0) is 17.7 Å². The molecule has 0 amide bonds. The summed E-state index contributed by atoms with van der Waals surface area (Å²) in [5.74, 6) is 0.484. The fourth-order valence-corrected chi connectivity index (χ4v) is 1.56. The number of nitrogens with zero attached hydrogens (tertiary/aromatic N) is 5. The van der Waals surface area contributed by atoms with Crippen molar-refractivity contribution in [2.45, 2.75) is 6.42 Å². The summed E-state index contributed by atoms with van der Waals surface area (Å²) in [6.07, 6.45) is 2.56. The van der Waals surface area contributed by atoms with Gasteiger partial charge in [0, 0.05) is 31.9 Å². The standard InChI is InChI=1S/C9H12ClN7/c1-17-6(3-5-13-17)2-4-12-9-15-7(10)14-8(11)16-9/h3,5H,2,4H2,1H3,(H3,11,12,14,15,16). The number of aromatic nitrogens is 5. The maximum Gasteiger partial charge on any atom is 0.228 e. The summed E-state index contributed by atoms with van der Waals surface area (Å²) in [6, 6.07) is 1.95. The van der Waals surface area contributed by atoms with Gasteiger partial charge in [0.1, 0.15) is 0 Å². The maximum absolute atomic E-state index is 5.66. The second-order valence-corrected chi connectivity index (χ2v) is 3.75. The minimum absolute atomic E-state index is 0.0838. The number of halogens is 1. The minimum Gasteiger partial charge on any atom is -0.368 e. The lowest BCUT2D eigenvalue weighted by molar-refractivity contribution is 0.710. The van der Waals surface area contributed by atoms with Crippen molar-refractivity contribution in [3.8, 4) is 0 Å². The van der Waals surface area contributed by atoms with Gasteiger partial charge >= 0.3 is 0 Å². The number of hydrogen-bond acceptors (Lipinski definition) is 6. The number of hydrogen-bond donors (Lipinski definition) is 2. The van der Waals surface area contributed by atoms with Crippen LogP contribution in [0.2, 0.25) is 5.28 Å². The van der Waals surface area contributed by atoms with Crippen LogP contribution in [0.4, 0.5) is 11.9 Å². The van der Waals surface area contributed by atoms with Crippen molar-refractivity contribution in [1.29, 1.82) is 0 Å². The van der Waals surface area contributed by atoms with E-state index in [0.29, 0.717) is 12.5 Å². The van der Waals surface area contributed by atoms with Gasteiger partial charge in [-0.3, -0.25) is 4.68 Å². The molecule has 2 aromatic rings. The molecule has 0 saturated heterocycles. The molecule has 0 spiro atoms. The fourth-order valence-electron chi connectivity index (χ4n) is 1.39. The molecular formula is C9H12ClN7. The van der Waals surface area contributed by atoms with Gasteiger partial charge in [0.25, 0.3) is 0 Å². The first-order valence-corrected chi connectivity index (χ1v) is 5.41. The topological polar surface area (TPSA) is 94.5 Å². The van der Waals surface area contributed by atoms with E-state index in [9.17, 15) is 0 Å². The van der Waals surface area contributed by atoms with E-state index in [2.05, 4.69) is 25.4 Å². The SMILES string of the molecule is Cn1nccc1CCNc1nc(N)nc(Cl)n1. The fraction of sp³-hybridized carbons (Fsp3) is 0.333. The third-order valence-corrected chi connectivity index (χ3v) is 2.38. The van der Waals surface area contributed by atoms with Crippen molar-refractivity contribution in [3.63, 3.8) is 0 Å². The van der Waals surface area contributed by atoms with E-state index in [0.717, 1.165) is 12.1 Å². The number of rotatable bonds is 4. The molecule has 0 fully saturated rings. The molecule has 0 aliphatic carbocycles. The van der Waals surface area contributed by atoms with Gasteiger partial charge in [0.15, 0.2) is 0 Å². The van der Waals surface area contributed by atoms with Gasteiger partial charge in [0.2, 0.25) is 17.2 Å². The molecule has 17 heavy (non-hydrogen) atoms. The highest BCUT2D eigenvalue weighted by molar-refractivity contribution is 6.28. The normalized spacial score (nSPS) is 10.5. The van der Waals surface area contributed by atoms with Crippen LogP contribution >= 0.6 is 11.6 Å². The Kier molecular flexibility index (Phi) is 3.38. The number of nitrogens with two attached hydrogens (primary N) is 1. The predicted molar refractivity (Wildman–Crippen MR) is 64.7 cm³/mol. The second kappa shape index (κ2) is 4.96. The average molecular weight is 254 g/mol. The summed E-state index contributed by atoms with van der Waals surface area (Å²) < 4.78 is 1.82. The molecule has 0 unspecified atom stereocenters. The van der Waals surface area contributed by atoms with Gasteiger partial charge < -0.3 is 11.1 Å². The van der Waals surface area contributed by atoms with E-state index in [4.69, 9.17) is 17.3 Å². The summed E-state index contributed by atoms with van der Waals surface area (Å²) >= 11 is 5.66. The van der Waals surface area contributed by atoms with Crippen molar-refractivity contribution in [2.24, 2.45) is 7.05 Å². The summed E-state index contributed by atoms with van der Waals surface area (Å²) in [5, 5.41) is 7.18. The Morgan fingerprint density at radius 2 is 2.24 bits per heavy atom. The van der Waals surface area contributed by atoms with E-state index in [1.807, 2.05) is 17.8 Å². The van der Waals surface area contributed by atoms with E-state index in [1.54, 1.807) is 6.20 Å². The number of nitrogens with one attached hydrogen (secondary N) is 1. The number of nitrogen functional groups attached to an aromatic ring is 1. The molecule has 0 atom stereocenters. The Morgan fingerprint density at radius 3 is 2.88 bits per heavy atom. The molecule has 3 N–H and O–H groups in total. The summed E-state index contributed by atoms with van der Waals surface area (Å²) in [5.41, 5.74) is 6.57. The van der Waals surface area contributed by atoms with Crippen LogP contribution in [0.3, 0.4) is 0 Å². The van der Waals surface area contributed by atoms with E-state index in [-0.39, 0.29) is 11.2 Å². The van der Waals surface area contributed by atoms with Crippen molar-refractivity contribution in [3.05, 3.63) is 23.2 Å². The second-order valence-electron chi connectivity index (χ2n) is 3.41. The Hall–Kier alpha value is -1.89. The highest BCUT2D eigenvalue weighted by Crippen LogP contribution is 2.07. The highest BCUT2D eigenvalue weighted by Gasteiger charge is 2.02. The molecule has 8 heteroatoms. The molecule has 7 nitrogen and oxygen atoms in total. The molecule has 0 radical (unpaired) electrons. The lowest BCUT2D eigenvalue weighted by atomic mass is 10.3.